The molecule has 4 nitrogen and oxygen atoms in total. The molecule has 0 saturated carbocycles. The monoisotopic (exact) mass is 373 g/mol. The number of benzene rings is 3. The third-order valence-corrected chi connectivity index (χ3v) is 3.77. The molecular weight excluding hydrogens is 350 g/mol. The second-order valence-electron chi connectivity index (χ2n) is 5.99. The van der Waals surface area contributed by atoms with Crippen molar-refractivity contribution in [3.8, 4) is 17.2 Å². The van der Waals surface area contributed by atoms with Crippen LogP contribution in [0.3, 0.4) is 0 Å². The van der Waals surface area contributed by atoms with E-state index in [9.17, 15) is 0 Å². The molecule has 0 aliphatic carbocycles. The van der Waals surface area contributed by atoms with Crippen molar-refractivity contribution in [2.24, 2.45) is 4.99 Å². The Balaban J connectivity index is 1.83. The van der Waals surface area contributed by atoms with Gasteiger partial charge in [0.15, 0.2) is 0 Å². The first-order valence-corrected chi connectivity index (χ1v) is 9.18. The van der Waals surface area contributed by atoms with Crippen molar-refractivity contribution < 1.29 is 14.2 Å². The minimum Gasteiger partial charge on any atom is -0.494 e. The molecular formula is C24H23NO3. The number of hydrogen-bond acceptors (Lipinski definition) is 4. The van der Waals surface area contributed by atoms with E-state index in [1.807, 2.05) is 98.8 Å². The Kier molecular flexibility index (Phi) is 6.85. The van der Waals surface area contributed by atoms with E-state index in [0.717, 1.165) is 17.0 Å². The maximum atomic E-state index is 6.01. The Morgan fingerprint density at radius 2 is 1.46 bits per heavy atom. The summed E-state index contributed by atoms with van der Waals surface area (Å²) in [5.41, 5.74) is 1.56. The van der Waals surface area contributed by atoms with Gasteiger partial charge in [-0.05, 0) is 50.2 Å². The number of aliphatic imine (C=N–C) groups is 1. The van der Waals surface area contributed by atoms with E-state index in [2.05, 4.69) is 4.99 Å². The molecule has 0 N–H and O–H groups in total. The highest BCUT2D eigenvalue weighted by Crippen LogP contribution is 2.21. The second kappa shape index (κ2) is 9.97. The van der Waals surface area contributed by atoms with Crippen molar-refractivity contribution in [1.29, 1.82) is 0 Å². The maximum Gasteiger partial charge on any atom is 0.225 e. The van der Waals surface area contributed by atoms with Crippen LogP contribution in [0.25, 0.3) is 0 Å². The summed E-state index contributed by atoms with van der Waals surface area (Å²) in [4.78, 5) is 4.63. The Morgan fingerprint density at radius 1 is 0.821 bits per heavy atom. The predicted molar refractivity (Wildman–Crippen MR) is 113 cm³/mol. The fourth-order valence-corrected chi connectivity index (χ4v) is 2.42. The zero-order chi connectivity index (χ0) is 19.6. The maximum absolute atomic E-state index is 6.01. The fraction of sp³-hybridized carbons (Fsp3) is 0.125. The van der Waals surface area contributed by atoms with Gasteiger partial charge in [0.05, 0.1) is 18.6 Å². The van der Waals surface area contributed by atoms with E-state index in [1.165, 1.54) is 0 Å². The molecule has 0 aliphatic heterocycles. The summed E-state index contributed by atoms with van der Waals surface area (Å²) in [7, 11) is 0. The Labute approximate surface area is 165 Å². The summed E-state index contributed by atoms with van der Waals surface area (Å²) in [6, 6.07) is 26.7. The van der Waals surface area contributed by atoms with E-state index in [1.54, 1.807) is 6.26 Å². The summed E-state index contributed by atoms with van der Waals surface area (Å²) >= 11 is 0. The molecule has 0 aromatic heterocycles. The molecule has 3 aromatic carbocycles. The lowest BCUT2D eigenvalue weighted by Crippen LogP contribution is -2.10. The van der Waals surface area contributed by atoms with Crippen LogP contribution in [0.1, 0.15) is 13.8 Å². The third-order valence-electron chi connectivity index (χ3n) is 3.77. The highest BCUT2D eigenvalue weighted by molar-refractivity contribution is 5.96. The first-order valence-electron chi connectivity index (χ1n) is 9.18. The summed E-state index contributed by atoms with van der Waals surface area (Å²) in [5.74, 6) is 2.63. The van der Waals surface area contributed by atoms with Crippen LogP contribution in [0.2, 0.25) is 0 Å². The second-order valence-corrected chi connectivity index (χ2v) is 5.99. The first-order chi connectivity index (χ1) is 13.7. The molecule has 0 aliphatic rings. The Hall–Kier alpha value is -3.53. The highest BCUT2D eigenvalue weighted by atomic mass is 16.5. The minimum absolute atomic E-state index is 0.471. The van der Waals surface area contributed by atoms with Gasteiger partial charge in [-0.2, -0.15) is 0 Å². The van der Waals surface area contributed by atoms with Crippen LogP contribution in [0.15, 0.2) is 102 Å². The van der Waals surface area contributed by atoms with Crippen molar-refractivity contribution in [2.75, 3.05) is 6.61 Å². The molecule has 0 radical (unpaired) electrons. The lowest BCUT2D eigenvalue weighted by atomic mass is 10.3. The van der Waals surface area contributed by atoms with Gasteiger partial charge in [0.25, 0.3) is 0 Å². The average molecular weight is 373 g/mol. The van der Waals surface area contributed by atoms with Gasteiger partial charge in [-0.15, -0.1) is 0 Å². The third kappa shape index (κ3) is 5.74. The molecule has 3 rings (SSSR count). The number of nitrogens with zero attached hydrogens (tertiary/aromatic N) is 1. The zero-order valence-corrected chi connectivity index (χ0v) is 16.0. The van der Waals surface area contributed by atoms with Crippen LogP contribution in [-0.2, 0) is 0 Å². The first kappa shape index (κ1) is 19.2. The fourth-order valence-electron chi connectivity index (χ4n) is 2.42. The van der Waals surface area contributed by atoms with E-state index in [-0.39, 0.29) is 0 Å². The van der Waals surface area contributed by atoms with Crippen LogP contribution in [-0.4, -0.2) is 12.5 Å². The average Bonchev–Trinajstić information content (AvgIpc) is 2.74. The van der Waals surface area contributed by atoms with Crippen molar-refractivity contribution in [2.45, 2.75) is 13.8 Å². The molecule has 0 atom stereocenters. The summed E-state index contributed by atoms with van der Waals surface area (Å²) < 4.78 is 17.3. The van der Waals surface area contributed by atoms with Gasteiger partial charge in [0.2, 0.25) is 5.90 Å². The van der Waals surface area contributed by atoms with Crippen LogP contribution >= 0.6 is 0 Å². The van der Waals surface area contributed by atoms with Crippen molar-refractivity contribution in [3.05, 3.63) is 96.8 Å². The number of hydrogen-bond donors (Lipinski definition) is 0. The van der Waals surface area contributed by atoms with E-state index in [0.29, 0.717) is 24.0 Å². The van der Waals surface area contributed by atoms with Gasteiger partial charge in [0.1, 0.15) is 17.2 Å². The van der Waals surface area contributed by atoms with Crippen LogP contribution in [0.4, 0.5) is 5.69 Å². The molecule has 0 bridgehead atoms. The molecule has 0 unspecified atom stereocenters. The van der Waals surface area contributed by atoms with Crippen molar-refractivity contribution >= 4 is 11.6 Å². The van der Waals surface area contributed by atoms with Crippen LogP contribution < -0.4 is 14.2 Å². The lowest BCUT2D eigenvalue weighted by Gasteiger charge is -2.10. The standard InChI is InChI=1S/C24H23NO3/c1-3-26-22-15-10-16-23(17-22)27-18-19(2)24(25-20-11-6-4-7-12-20)28-21-13-8-5-9-14-21/h4-18H,3H2,1-2H3/b19-18+,25-24?. The Morgan fingerprint density at radius 3 is 2.18 bits per heavy atom. The molecule has 142 valence electrons. The molecule has 0 amide bonds. The molecule has 0 fully saturated rings. The predicted octanol–water partition coefficient (Wildman–Crippen LogP) is 6.18. The zero-order valence-electron chi connectivity index (χ0n) is 16.0. The van der Waals surface area contributed by atoms with Gasteiger partial charge in [0, 0.05) is 11.6 Å². The minimum atomic E-state index is 0.471. The van der Waals surface area contributed by atoms with E-state index in [4.69, 9.17) is 14.2 Å². The molecule has 28 heavy (non-hydrogen) atoms. The van der Waals surface area contributed by atoms with Gasteiger partial charge in [-0.1, -0.05) is 42.5 Å². The summed E-state index contributed by atoms with van der Waals surface area (Å²) in [6.45, 7) is 4.46. The van der Waals surface area contributed by atoms with Crippen molar-refractivity contribution in [3.63, 3.8) is 0 Å². The van der Waals surface area contributed by atoms with E-state index >= 15 is 0 Å². The number of ether oxygens (including phenoxy) is 3. The van der Waals surface area contributed by atoms with Gasteiger partial charge < -0.3 is 14.2 Å². The smallest absolute Gasteiger partial charge is 0.225 e. The summed E-state index contributed by atoms with van der Waals surface area (Å²) in [6.07, 6.45) is 1.63. The Bertz CT molecular complexity index is 934. The SMILES string of the molecule is CCOc1cccc(O/C=C(\C)C(=Nc2ccccc2)Oc2ccccc2)c1. The molecule has 0 spiro atoms. The number of rotatable bonds is 7. The topological polar surface area (TPSA) is 40.0 Å². The summed E-state index contributed by atoms with van der Waals surface area (Å²) in [5, 5.41) is 0. The van der Waals surface area contributed by atoms with E-state index < -0.39 is 0 Å². The molecule has 0 saturated heterocycles. The van der Waals surface area contributed by atoms with Gasteiger partial charge in [-0.25, -0.2) is 4.99 Å². The molecule has 3 aromatic rings. The highest BCUT2D eigenvalue weighted by Gasteiger charge is 2.08. The van der Waals surface area contributed by atoms with Gasteiger partial charge in [-0.3, -0.25) is 0 Å². The normalized spacial score (nSPS) is 11.8. The quantitative estimate of drug-likeness (QED) is 0.282. The van der Waals surface area contributed by atoms with Gasteiger partial charge >= 0.3 is 0 Å². The van der Waals surface area contributed by atoms with Crippen molar-refractivity contribution in [1.82, 2.24) is 0 Å². The van der Waals surface area contributed by atoms with Crippen LogP contribution in [0.5, 0.6) is 17.2 Å². The largest absolute Gasteiger partial charge is 0.494 e. The molecule has 4 heteroatoms. The molecule has 0 heterocycles. The van der Waals surface area contributed by atoms with Crippen LogP contribution in [0, 0.1) is 0 Å². The number of para-hydroxylation sites is 2. The lowest BCUT2D eigenvalue weighted by molar-refractivity contribution is 0.338.